The zero-order chi connectivity index (χ0) is 30.8. The van der Waals surface area contributed by atoms with Gasteiger partial charge in [0.1, 0.15) is 11.1 Å². The van der Waals surface area contributed by atoms with Crippen LogP contribution in [0.4, 0.5) is 0 Å². The first-order valence-corrected chi connectivity index (χ1v) is 17.3. The average molecular weight is 614 g/mol. The van der Waals surface area contributed by atoms with Crippen LogP contribution in [0.2, 0.25) is 18.1 Å². The number of β-lactam (4-membered cyclic amide) rings is 1. The molecule has 3 atom stereocenters. The molecule has 0 unspecified atom stereocenters. The van der Waals surface area contributed by atoms with E-state index in [1.165, 1.54) is 21.3 Å². The number of amides is 1. The second-order valence-corrected chi connectivity index (χ2v) is 19.4. The van der Waals surface area contributed by atoms with Crippen LogP contribution in [0.15, 0.2) is 11.3 Å². The van der Waals surface area contributed by atoms with Crippen LogP contribution in [0.5, 0.6) is 0 Å². The highest BCUT2D eigenvalue weighted by Gasteiger charge is 2.55. The lowest BCUT2D eigenvalue weighted by Gasteiger charge is -2.51. The minimum absolute atomic E-state index is 0.0523. The maximum atomic E-state index is 13.7. The van der Waals surface area contributed by atoms with Gasteiger partial charge in [-0.25, -0.2) is 9.48 Å². The molecule has 0 aliphatic carbocycles. The van der Waals surface area contributed by atoms with Gasteiger partial charge in [-0.15, -0.1) is 5.10 Å². The third-order valence-electron chi connectivity index (χ3n) is 7.04. The van der Waals surface area contributed by atoms with E-state index >= 15 is 0 Å². The highest BCUT2D eigenvalue weighted by molar-refractivity contribution is 8.23. The van der Waals surface area contributed by atoms with E-state index in [2.05, 4.69) is 49.4 Å². The fraction of sp³-hybridized carbons (Fsp3) is 0.731. The minimum Gasteiger partial charge on any atom is -0.427 e. The van der Waals surface area contributed by atoms with Crippen LogP contribution in [-0.4, -0.2) is 73.7 Å². The SMILES string of the molecule is CC(C)=C(C(=O)OCOC(=O)C(C)(C)C)N1C(=O)[C@@H]([C@H](C)O[Si](C)(C)C(C)(C)C)[C@H]1SC(=S)Cc1nnnn1C. The van der Waals surface area contributed by atoms with E-state index < -0.39 is 49.9 Å². The van der Waals surface area contributed by atoms with E-state index in [9.17, 15) is 14.4 Å². The van der Waals surface area contributed by atoms with Crippen molar-refractivity contribution in [2.75, 3.05) is 6.79 Å². The van der Waals surface area contributed by atoms with Gasteiger partial charge in [0.15, 0.2) is 14.1 Å². The Morgan fingerprint density at radius 3 is 2.20 bits per heavy atom. The number of thioether (sulfide) groups is 1. The molecule has 14 heteroatoms. The van der Waals surface area contributed by atoms with Crippen LogP contribution in [0, 0.1) is 11.3 Å². The number of thiocarbonyl (C=S) groups is 1. The Bertz CT molecular complexity index is 1170. The molecule has 1 amide bonds. The quantitative estimate of drug-likeness (QED) is 0.0931. The van der Waals surface area contributed by atoms with E-state index in [1.807, 2.05) is 6.92 Å². The Labute approximate surface area is 247 Å². The first kappa shape index (κ1) is 34.0. The number of esters is 2. The van der Waals surface area contributed by atoms with Gasteiger partial charge in [-0.3, -0.25) is 14.5 Å². The molecule has 0 saturated carbocycles. The average Bonchev–Trinajstić information content (AvgIpc) is 3.18. The number of carbonyl (C=O) groups excluding carboxylic acids is 3. The highest BCUT2D eigenvalue weighted by atomic mass is 32.2. The van der Waals surface area contributed by atoms with Crippen molar-refractivity contribution in [3.63, 3.8) is 0 Å². The second-order valence-electron chi connectivity index (χ2n) is 12.7. The number of rotatable bonds is 10. The van der Waals surface area contributed by atoms with Crippen LogP contribution in [-0.2, 0) is 41.8 Å². The lowest BCUT2D eigenvalue weighted by molar-refractivity contribution is -0.174. The van der Waals surface area contributed by atoms with E-state index in [4.69, 9.17) is 26.1 Å². The van der Waals surface area contributed by atoms with E-state index in [-0.39, 0.29) is 16.6 Å². The highest BCUT2D eigenvalue weighted by Crippen LogP contribution is 2.45. The standard InChI is InChI=1S/C26H43N5O6S2Si/c1-15(2)20(23(33)35-14-36-24(34)25(4,5)6)31-21(32)19(16(3)37-40(11,12)26(7,8)9)22(31)39-18(38)13-17-27-28-29-30(17)10/h16,19,22H,13-14H2,1-12H3/t16-,19+,22+/m0/s1. The van der Waals surface area contributed by atoms with Crippen LogP contribution in [0.1, 0.15) is 68.1 Å². The van der Waals surface area contributed by atoms with Crippen molar-refractivity contribution < 1.29 is 28.3 Å². The van der Waals surface area contributed by atoms with Gasteiger partial charge in [-0.05, 0) is 75.7 Å². The smallest absolute Gasteiger partial charge is 0.357 e. The predicted molar refractivity (Wildman–Crippen MR) is 159 cm³/mol. The van der Waals surface area contributed by atoms with E-state index in [0.717, 1.165) is 0 Å². The molecule has 1 fully saturated rings. The summed E-state index contributed by atoms with van der Waals surface area (Å²) < 4.78 is 19.1. The van der Waals surface area contributed by atoms with Crippen molar-refractivity contribution in [1.82, 2.24) is 25.1 Å². The molecule has 1 aromatic heterocycles. The first-order valence-electron chi connectivity index (χ1n) is 13.1. The van der Waals surface area contributed by atoms with Gasteiger partial charge in [0.2, 0.25) is 12.7 Å². The summed E-state index contributed by atoms with van der Waals surface area (Å²) >= 11 is 6.99. The number of hydrogen-bond donors (Lipinski definition) is 0. The molecule has 11 nitrogen and oxygen atoms in total. The molecule has 1 saturated heterocycles. The fourth-order valence-electron chi connectivity index (χ4n) is 3.67. The topological polar surface area (TPSA) is 126 Å². The van der Waals surface area contributed by atoms with E-state index in [0.29, 0.717) is 22.0 Å². The number of aromatic nitrogens is 4. The summed E-state index contributed by atoms with van der Waals surface area (Å²) in [6.45, 7) is 20.6. The van der Waals surface area contributed by atoms with Crippen molar-refractivity contribution >= 4 is 54.3 Å². The molecule has 0 radical (unpaired) electrons. The first-order chi connectivity index (χ1) is 18.2. The molecule has 40 heavy (non-hydrogen) atoms. The fourth-order valence-corrected chi connectivity index (χ4v) is 6.80. The van der Waals surface area contributed by atoms with Crippen molar-refractivity contribution in [2.45, 2.75) is 98.3 Å². The lowest BCUT2D eigenvalue weighted by Crippen LogP contribution is -2.65. The maximum Gasteiger partial charge on any atom is 0.357 e. The number of allylic oxidation sites excluding steroid dienone is 1. The van der Waals surface area contributed by atoms with Gasteiger partial charge in [-0.1, -0.05) is 44.8 Å². The maximum absolute atomic E-state index is 13.7. The monoisotopic (exact) mass is 613 g/mol. The summed E-state index contributed by atoms with van der Waals surface area (Å²) in [5.41, 5.74) is -0.0818. The minimum atomic E-state index is -2.20. The summed E-state index contributed by atoms with van der Waals surface area (Å²) in [6.07, 6.45) is -0.104. The molecule has 1 aromatic rings. The molecule has 1 aliphatic rings. The third kappa shape index (κ3) is 7.98. The van der Waals surface area contributed by atoms with E-state index in [1.54, 1.807) is 41.7 Å². The van der Waals surface area contributed by atoms with Gasteiger partial charge in [0.05, 0.1) is 28.1 Å². The number of aryl methyl sites for hydroxylation is 1. The molecule has 0 aromatic carbocycles. The Kier molecular flexibility index (Phi) is 10.9. The molecule has 2 heterocycles. The van der Waals surface area contributed by atoms with Crippen molar-refractivity contribution in [3.05, 3.63) is 17.1 Å². The Morgan fingerprint density at radius 1 is 1.12 bits per heavy atom. The van der Waals surface area contributed by atoms with Gasteiger partial charge in [-0.2, -0.15) is 0 Å². The summed E-state index contributed by atoms with van der Waals surface area (Å²) in [6, 6.07) is 0. The van der Waals surface area contributed by atoms with Gasteiger partial charge >= 0.3 is 11.9 Å². The number of carbonyl (C=O) groups is 3. The Balaban J connectivity index is 2.32. The number of ether oxygens (including phenoxy) is 2. The summed E-state index contributed by atoms with van der Waals surface area (Å²) in [4.78, 5) is 40.4. The zero-order valence-corrected chi connectivity index (χ0v) is 28.3. The number of nitrogens with zero attached hydrogens (tertiary/aromatic N) is 5. The lowest BCUT2D eigenvalue weighted by atomic mass is 9.91. The van der Waals surface area contributed by atoms with Crippen LogP contribution in [0.3, 0.4) is 0 Å². The Morgan fingerprint density at radius 2 is 1.73 bits per heavy atom. The third-order valence-corrected chi connectivity index (χ3v) is 13.2. The molecular formula is C26H43N5O6S2Si. The van der Waals surface area contributed by atoms with Crippen molar-refractivity contribution in [2.24, 2.45) is 18.4 Å². The zero-order valence-electron chi connectivity index (χ0n) is 25.6. The number of likely N-dealkylation sites (tertiary alicyclic amines) is 1. The largest absolute Gasteiger partial charge is 0.427 e. The van der Waals surface area contributed by atoms with Gasteiger partial charge < -0.3 is 13.9 Å². The van der Waals surface area contributed by atoms with Gasteiger partial charge in [0, 0.05) is 7.05 Å². The number of tetrazole rings is 1. The molecule has 0 N–H and O–H groups in total. The molecule has 224 valence electrons. The predicted octanol–water partition coefficient (Wildman–Crippen LogP) is 4.39. The second kappa shape index (κ2) is 12.8. The Hall–Kier alpha value is -2.16. The summed E-state index contributed by atoms with van der Waals surface area (Å²) in [5.74, 6) is -1.49. The van der Waals surface area contributed by atoms with Crippen LogP contribution >= 0.6 is 24.0 Å². The summed E-state index contributed by atoms with van der Waals surface area (Å²) in [5, 5.41) is 10.9. The molecule has 1 aliphatic heterocycles. The summed E-state index contributed by atoms with van der Waals surface area (Å²) in [7, 11) is -0.478. The van der Waals surface area contributed by atoms with Crippen molar-refractivity contribution in [3.8, 4) is 0 Å². The van der Waals surface area contributed by atoms with Crippen LogP contribution < -0.4 is 0 Å². The van der Waals surface area contributed by atoms with Gasteiger partial charge in [0.25, 0.3) is 0 Å². The molecule has 2 rings (SSSR count). The molecule has 0 bridgehead atoms. The van der Waals surface area contributed by atoms with Crippen molar-refractivity contribution in [1.29, 1.82) is 0 Å². The van der Waals surface area contributed by atoms with Crippen LogP contribution in [0.25, 0.3) is 0 Å². The number of hydrogen-bond acceptors (Lipinski definition) is 11. The molecule has 0 spiro atoms. The normalized spacial score (nSPS) is 18.6. The molecular weight excluding hydrogens is 571 g/mol.